The summed E-state index contributed by atoms with van der Waals surface area (Å²) in [7, 11) is 0. The van der Waals surface area contributed by atoms with Gasteiger partial charge in [-0.2, -0.15) is 4.99 Å². The molecule has 0 radical (unpaired) electrons. The number of nitrogens with one attached hydrogen (secondary N) is 1. The molecule has 0 unspecified atom stereocenters. The lowest BCUT2D eigenvalue weighted by Crippen LogP contribution is -2.19. The van der Waals surface area contributed by atoms with E-state index < -0.39 is 0 Å². The van der Waals surface area contributed by atoms with Crippen molar-refractivity contribution in [3.05, 3.63) is 39.0 Å². The molecule has 4 rings (SSSR count). The maximum atomic E-state index is 12.7. The lowest BCUT2D eigenvalue weighted by molar-refractivity contribution is -0.115. The molecule has 1 aliphatic carbocycles. The van der Waals surface area contributed by atoms with Crippen molar-refractivity contribution in [1.29, 1.82) is 0 Å². The maximum absolute atomic E-state index is 12.7. The van der Waals surface area contributed by atoms with Crippen molar-refractivity contribution in [3.8, 4) is 5.75 Å². The highest BCUT2D eigenvalue weighted by molar-refractivity contribution is 8.00. The fourth-order valence-electron chi connectivity index (χ4n) is 4.48. The molecule has 2 heterocycles. The first-order valence-electron chi connectivity index (χ1n) is 13.0. The summed E-state index contributed by atoms with van der Waals surface area (Å²) in [5.74, 6) is 0.0305. The summed E-state index contributed by atoms with van der Waals surface area (Å²) in [6.07, 6.45) is 4.97. The summed E-state index contributed by atoms with van der Waals surface area (Å²) in [5.41, 5.74) is 2.52. The molecule has 38 heavy (non-hydrogen) atoms. The maximum Gasteiger partial charge on any atom is 0.341 e. The molecule has 1 aliphatic rings. The monoisotopic (exact) mass is 575 g/mol. The number of esters is 1. The van der Waals surface area contributed by atoms with Gasteiger partial charge in [0.15, 0.2) is 4.80 Å². The number of hydrogen-bond acceptors (Lipinski definition) is 8. The molecule has 0 fully saturated rings. The van der Waals surface area contributed by atoms with Crippen LogP contribution in [0.5, 0.6) is 5.75 Å². The molecule has 3 aromatic rings. The largest absolute Gasteiger partial charge is 0.494 e. The summed E-state index contributed by atoms with van der Waals surface area (Å²) in [6, 6.07) is 5.87. The zero-order chi connectivity index (χ0) is 27.1. The van der Waals surface area contributed by atoms with Crippen LogP contribution in [0.3, 0.4) is 0 Å². The second-order valence-corrected chi connectivity index (χ2v) is 11.8. The van der Waals surface area contributed by atoms with Crippen molar-refractivity contribution in [2.75, 3.05) is 30.0 Å². The normalized spacial score (nSPS) is 13.7. The van der Waals surface area contributed by atoms with E-state index >= 15 is 0 Å². The first-order valence-corrected chi connectivity index (χ1v) is 15.8. The van der Waals surface area contributed by atoms with Crippen LogP contribution in [0.25, 0.3) is 10.2 Å². The lowest BCUT2D eigenvalue weighted by Gasteiger charge is -2.08. The molecule has 8 nitrogen and oxygen atoms in total. The Hall–Kier alpha value is -2.63. The molecule has 2 aromatic heterocycles. The summed E-state index contributed by atoms with van der Waals surface area (Å²) < 4.78 is 13.9. The van der Waals surface area contributed by atoms with Crippen molar-refractivity contribution in [1.82, 2.24) is 4.57 Å². The van der Waals surface area contributed by atoms with E-state index in [4.69, 9.17) is 9.47 Å². The van der Waals surface area contributed by atoms with Gasteiger partial charge in [-0.05, 0) is 70.2 Å². The van der Waals surface area contributed by atoms with Gasteiger partial charge >= 0.3 is 5.97 Å². The smallest absolute Gasteiger partial charge is 0.341 e. The third kappa shape index (κ3) is 6.68. The second-order valence-electron chi connectivity index (χ2n) is 8.73. The van der Waals surface area contributed by atoms with Crippen LogP contribution >= 0.6 is 34.4 Å². The van der Waals surface area contributed by atoms with E-state index in [9.17, 15) is 14.4 Å². The molecule has 0 bridgehead atoms. The molecule has 2 amide bonds. The molecule has 0 saturated heterocycles. The third-order valence-corrected chi connectivity index (χ3v) is 9.28. The van der Waals surface area contributed by atoms with Gasteiger partial charge in [-0.25, -0.2) is 4.79 Å². The van der Waals surface area contributed by atoms with Crippen LogP contribution in [-0.4, -0.2) is 47.1 Å². The molecule has 11 heteroatoms. The van der Waals surface area contributed by atoms with Gasteiger partial charge in [0.05, 0.1) is 40.5 Å². The number of aryl methyl sites for hydroxylation is 2. The molecule has 204 valence electrons. The molecule has 0 aliphatic heterocycles. The van der Waals surface area contributed by atoms with Crippen LogP contribution in [0.4, 0.5) is 5.00 Å². The number of benzene rings is 1. The van der Waals surface area contributed by atoms with Crippen molar-refractivity contribution in [2.45, 2.75) is 59.4 Å². The number of carbonyl (C=O) groups excluding carboxylic acids is 3. The van der Waals surface area contributed by atoms with Gasteiger partial charge in [0.2, 0.25) is 5.91 Å². The minimum absolute atomic E-state index is 0.0846. The second kappa shape index (κ2) is 13.4. The average Bonchev–Trinajstić information content (AvgIpc) is 3.30. The van der Waals surface area contributed by atoms with Crippen LogP contribution in [0, 0.1) is 0 Å². The zero-order valence-electron chi connectivity index (χ0n) is 22.0. The number of thioether (sulfide) groups is 1. The number of thiophene rings is 1. The van der Waals surface area contributed by atoms with Crippen LogP contribution in [0.2, 0.25) is 0 Å². The van der Waals surface area contributed by atoms with Crippen molar-refractivity contribution in [2.24, 2.45) is 4.99 Å². The van der Waals surface area contributed by atoms with Crippen LogP contribution in [0.15, 0.2) is 23.2 Å². The molecular weight excluding hydrogens is 543 g/mol. The number of hydrogen-bond donors (Lipinski definition) is 1. The molecule has 0 spiro atoms. The van der Waals surface area contributed by atoms with Gasteiger partial charge in [-0.15, -0.1) is 23.1 Å². The Labute approximate surface area is 234 Å². The number of rotatable bonds is 10. The van der Waals surface area contributed by atoms with Crippen LogP contribution < -0.4 is 14.9 Å². The fraction of sp³-hybridized carbons (Fsp3) is 0.481. The Kier molecular flexibility index (Phi) is 10.0. The number of thiazole rings is 1. The number of aromatic nitrogens is 1. The van der Waals surface area contributed by atoms with Crippen molar-refractivity contribution in [3.63, 3.8) is 0 Å². The SMILES string of the molecule is CCOC(=O)c1c(NC(=O)CSCC(=O)N=c2sc3cc(OCC)ccc3n2CC)sc2c1CCCCC2. The number of fused-ring (bicyclic) bond motifs is 2. The van der Waals surface area contributed by atoms with E-state index in [1.165, 1.54) is 34.4 Å². The van der Waals surface area contributed by atoms with Crippen molar-refractivity contribution < 1.29 is 23.9 Å². The van der Waals surface area contributed by atoms with Crippen molar-refractivity contribution >= 4 is 67.4 Å². The predicted molar refractivity (Wildman–Crippen MR) is 155 cm³/mol. The summed E-state index contributed by atoms with van der Waals surface area (Å²) in [4.78, 5) is 44.2. The Morgan fingerprint density at radius 3 is 2.63 bits per heavy atom. The topological polar surface area (TPSA) is 99.0 Å². The standard InChI is InChI=1S/C27H33N3O5S3/c1-4-30-19-13-12-17(34-5-2)14-21(19)38-27(30)29-23(32)16-36-15-22(31)28-25-24(26(33)35-6-3)18-10-8-7-9-11-20(18)37-25/h12-14H,4-11,15-16H2,1-3H3,(H,28,31). The average molecular weight is 576 g/mol. The quantitative estimate of drug-likeness (QED) is 0.256. The highest BCUT2D eigenvalue weighted by atomic mass is 32.2. The predicted octanol–water partition coefficient (Wildman–Crippen LogP) is 5.43. The van der Waals surface area contributed by atoms with Gasteiger partial charge in [-0.1, -0.05) is 17.8 Å². The van der Waals surface area contributed by atoms with Gasteiger partial charge in [-0.3, -0.25) is 9.59 Å². The molecule has 0 saturated carbocycles. The minimum atomic E-state index is -0.384. The highest BCUT2D eigenvalue weighted by Crippen LogP contribution is 2.38. The lowest BCUT2D eigenvalue weighted by atomic mass is 10.1. The van der Waals surface area contributed by atoms with Gasteiger partial charge in [0.1, 0.15) is 10.8 Å². The van der Waals surface area contributed by atoms with Crippen LogP contribution in [-0.2, 0) is 33.7 Å². The number of anilines is 1. The Morgan fingerprint density at radius 2 is 1.87 bits per heavy atom. The Morgan fingerprint density at radius 1 is 1.05 bits per heavy atom. The zero-order valence-corrected chi connectivity index (χ0v) is 24.4. The summed E-state index contributed by atoms with van der Waals surface area (Å²) >= 11 is 4.13. The minimum Gasteiger partial charge on any atom is -0.494 e. The van der Waals surface area contributed by atoms with Crippen LogP contribution in [0.1, 0.15) is 60.8 Å². The first-order chi connectivity index (χ1) is 18.4. The van der Waals surface area contributed by atoms with E-state index in [1.807, 2.05) is 36.6 Å². The van der Waals surface area contributed by atoms with Gasteiger partial charge in [0.25, 0.3) is 5.91 Å². The van der Waals surface area contributed by atoms with Gasteiger partial charge in [0, 0.05) is 11.4 Å². The number of nitrogens with zero attached hydrogens (tertiary/aromatic N) is 2. The third-order valence-electron chi connectivity index (χ3n) is 6.11. The highest BCUT2D eigenvalue weighted by Gasteiger charge is 2.26. The molecule has 0 atom stereocenters. The fourth-order valence-corrected chi connectivity index (χ4v) is 7.52. The summed E-state index contributed by atoms with van der Waals surface area (Å²) in [6.45, 7) is 7.28. The Bertz CT molecular complexity index is 1390. The van der Waals surface area contributed by atoms with E-state index in [0.717, 1.165) is 58.5 Å². The number of ether oxygens (including phenoxy) is 2. The van der Waals surface area contributed by atoms with E-state index in [0.29, 0.717) is 28.5 Å². The number of amides is 2. The molecule has 1 N–H and O–H groups in total. The van der Waals surface area contributed by atoms with E-state index in [-0.39, 0.29) is 35.9 Å². The van der Waals surface area contributed by atoms with E-state index in [1.54, 1.807) is 6.92 Å². The van der Waals surface area contributed by atoms with E-state index in [2.05, 4.69) is 10.3 Å². The summed E-state index contributed by atoms with van der Waals surface area (Å²) in [5, 5.41) is 3.46. The molecule has 1 aromatic carbocycles. The van der Waals surface area contributed by atoms with Gasteiger partial charge < -0.3 is 19.4 Å². The molecular formula is C27H33N3O5S3. The number of carbonyl (C=O) groups is 3. The first kappa shape index (κ1) is 28.4. The Balaban J connectivity index is 1.40.